The van der Waals surface area contributed by atoms with E-state index < -0.39 is 17.8 Å². The van der Waals surface area contributed by atoms with Crippen molar-refractivity contribution < 1.29 is 22.7 Å². The highest BCUT2D eigenvalue weighted by molar-refractivity contribution is 5.95. The standard InChI is InChI=1S/C17H21F3N2O2/c1-6-11-14(16(23)24-7-2)10(3)15(22(11)5)12-8-9-13(21(12)4)17(18,19)20/h8-9H,6-7H2,1-5H3. The van der Waals surface area contributed by atoms with E-state index in [0.29, 0.717) is 28.9 Å². The van der Waals surface area contributed by atoms with Gasteiger partial charge in [-0.25, -0.2) is 4.79 Å². The Hall–Kier alpha value is -2.18. The summed E-state index contributed by atoms with van der Waals surface area (Å²) >= 11 is 0. The van der Waals surface area contributed by atoms with Gasteiger partial charge < -0.3 is 13.9 Å². The zero-order valence-electron chi connectivity index (χ0n) is 14.4. The summed E-state index contributed by atoms with van der Waals surface area (Å²) in [6.07, 6.45) is -3.86. The van der Waals surface area contributed by atoms with E-state index in [0.717, 1.165) is 16.3 Å². The van der Waals surface area contributed by atoms with E-state index in [2.05, 4.69) is 0 Å². The Morgan fingerprint density at radius 2 is 1.79 bits per heavy atom. The molecule has 7 heteroatoms. The smallest absolute Gasteiger partial charge is 0.431 e. The van der Waals surface area contributed by atoms with Gasteiger partial charge in [-0.2, -0.15) is 13.2 Å². The lowest BCUT2D eigenvalue weighted by Crippen LogP contribution is -2.12. The summed E-state index contributed by atoms with van der Waals surface area (Å²) < 4.78 is 47.2. The molecule has 2 aromatic rings. The third kappa shape index (κ3) is 2.83. The molecule has 0 aliphatic carbocycles. The fourth-order valence-electron chi connectivity index (χ4n) is 3.17. The molecule has 4 nitrogen and oxygen atoms in total. The predicted octanol–water partition coefficient (Wildman–Crippen LogP) is 4.10. The van der Waals surface area contributed by atoms with Crippen LogP contribution in [-0.4, -0.2) is 21.7 Å². The van der Waals surface area contributed by atoms with Crippen LogP contribution in [0.4, 0.5) is 13.2 Å². The zero-order chi connectivity index (χ0) is 18.2. The summed E-state index contributed by atoms with van der Waals surface area (Å²) in [6, 6.07) is 2.48. The van der Waals surface area contributed by atoms with Crippen molar-refractivity contribution in [1.29, 1.82) is 0 Å². The number of esters is 1. The molecule has 0 aliphatic heterocycles. The second-order valence-corrected chi connectivity index (χ2v) is 5.59. The minimum absolute atomic E-state index is 0.244. The maximum Gasteiger partial charge on any atom is 0.431 e. The molecule has 2 heterocycles. The van der Waals surface area contributed by atoms with Gasteiger partial charge in [-0.1, -0.05) is 6.92 Å². The number of carbonyl (C=O) groups is 1. The fraction of sp³-hybridized carbons (Fsp3) is 0.471. The van der Waals surface area contributed by atoms with E-state index in [9.17, 15) is 18.0 Å². The van der Waals surface area contributed by atoms with Gasteiger partial charge in [-0.3, -0.25) is 0 Å². The van der Waals surface area contributed by atoms with Crippen molar-refractivity contribution in [1.82, 2.24) is 9.13 Å². The van der Waals surface area contributed by atoms with Gasteiger partial charge in [0.1, 0.15) is 5.69 Å². The van der Waals surface area contributed by atoms with Crippen LogP contribution in [0.1, 0.15) is 41.2 Å². The van der Waals surface area contributed by atoms with Gasteiger partial charge in [0.25, 0.3) is 0 Å². The highest BCUT2D eigenvalue weighted by Gasteiger charge is 2.35. The number of rotatable bonds is 4. The second-order valence-electron chi connectivity index (χ2n) is 5.59. The third-order valence-corrected chi connectivity index (χ3v) is 4.23. The normalized spacial score (nSPS) is 11.8. The van der Waals surface area contributed by atoms with Crippen molar-refractivity contribution in [2.24, 2.45) is 14.1 Å². The van der Waals surface area contributed by atoms with Crippen LogP contribution < -0.4 is 0 Å². The van der Waals surface area contributed by atoms with Gasteiger partial charge in [0, 0.05) is 19.8 Å². The van der Waals surface area contributed by atoms with Gasteiger partial charge in [-0.05, 0) is 38.0 Å². The number of aromatic nitrogens is 2. The first-order chi connectivity index (χ1) is 11.1. The molecular weight excluding hydrogens is 321 g/mol. The number of hydrogen-bond donors (Lipinski definition) is 0. The van der Waals surface area contributed by atoms with Crippen molar-refractivity contribution in [2.75, 3.05) is 6.61 Å². The Morgan fingerprint density at radius 3 is 2.25 bits per heavy atom. The maximum atomic E-state index is 13.1. The summed E-state index contributed by atoms with van der Waals surface area (Å²) in [4.78, 5) is 12.3. The first kappa shape index (κ1) is 18.2. The number of halogens is 3. The molecule has 0 fully saturated rings. The van der Waals surface area contributed by atoms with E-state index in [-0.39, 0.29) is 6.61 Å². The van der Waals surface area contributed by atoms with Crippen molar-refractivity contribution >= 4 is 5.97 Å². The van der Waals surface area contributed by atoms with Gasteiger partial charge in [0.15, 0.2) is 0 Å². The lowest BCUT2D eigenvalue weighted by molar-refractivity contribution is -0.143. The van der Waals surface area contributed by atoms with Crippen LogP contribution in [0.3, 0.4) is 0 Å². The molecule has 0 atom stereocenters. The quantitative estimate of drug-likeness (QED) is 0.785. The van der Waals surface area contributed by atoms with Gasteiger partial charge in [0.05, 0.1) is 23.6 Å². The molecule has 24 heavy (non-hydrogen) atoms. The van der Waals surface area contributed by atoms with Crippen molar-refractivity contribution in [3.05, 3.63) is 34.6 Å². The number of alkyl halides is 3. The SMILES string of the molecule is CCOC(=O)c1c(C)c(-c2ccc(C(F)(F)F)n2C)n(C)c1CC. The van der Waals surface area contributed by atoms with Crippen molar-refractivity contribution in [3.8, 4) is 11.4 Å². The van der Waals surface area contributed by atoms with Gasteiger partial charge in [-0.15, -0.1) is 0 Å². The van der Waals surface area contributed by atoms with E-state index >= 15 is 0 Å². The van der Waals surface area contributed by atoms with E-state index in [1.807, 2.05) is 6.92 Å². The first-order valence-electron chi connectivity index (χ1n) is 7.73. The summed E-state index contributed by atoms with van der Waals surface area (Å²) in [7, 11) is 3.13. The van der Waals surface area contributed by atoms with Gasteiger partial charge in [0.2, 0.25) is 0 Å². The molecule has 0 saturated heterocycles. The zero-order valence-corrected chi connectivity index (χ0v) is 14.4. The molecule has 0 unspecified atom stereocenters. The van der Waals surface area contributed by atoms with E-state index in [4.69, 9.17) is 4.74 Å². The van der Waals surface area contributed by atoms with E-state index in [1.54, 1.807) is 25.5 Å². The second kappa shape index (κ2) is 6.37. The topological polar surface area (TPSA) is 36.2 Å². The van der Waals surface area contributed by atoms with Crippen LogP contribution in [0.5, 0.6) is 0 Å². The average Bonchev–Trinajstić information content (AvgIpc) is 2.96. The molecule has 2 aromatic heterocycles. The predicted molar refractivity (Wildman–Crippen MR) is 84.9 cm³/mol. The minimum atomic E-state index is -4.43. The maximum absolute atomic E-state index is 13.1. The molecular formula is C17H21F3N2O2. The van der Waals surface area contributed by atoms with Crippen LogP contribution in [-0.2, 0) is 31.4 Å². The Kier molecular flexibility index (Phi) is 4.82. The van der Waals surface area contributed by atoms with Crippen LogP contribution in [0.2, 0.25) is 0 Å². The summed E-state index contributed by atoms with van der Waals surface area (Å²) in [6.45, 7) is 5.60. The fourth-order valence-corrected chi connectivity index (χ4v) is 3.17. The summed E-state index contributed by atoms with van der Waals surface area (Å²) in [5.41, 5.74) is 2.08. The van der Waals surface area contributed by atoms with E-state index in [1.165, 1.54) is 13.1 Å². The third-order valence-electron chi connectivity index (χ3n) is 4.23. The Balaban J connectivity index is 2.69. The van der Waals surface area contributed by atoms with Gasteiger partial charge >= 0.3 is 12.1 Å². The molecule has 0 N–H and O–H groups in total. The molecule has 0 aromatic carbocycles. The molecule has 0 saturated carbocycles. The summed E-state index contributed by atoms with van der Waals surface area (Å²) in [5.74, 6) is -0.445. The molecule has 0 radical (unpaired) electrons. The lowest BCUT2D eigenvalue weighted by atomic mass is 10.1. The number of nitrogens with zero attached hydrogens (tertiary/aromatic N) is 2. The van der Waals surface area contributed by atoms with Crippen LogP contribution in [0.15, 0.2) is 12.1 Å². The number of ether oxygens (including phenoxy) is 1. The number of hydrogen-bond acceptors (Lipinski definition) is 2. The molecule has 2 rings (SSSR count). The molecule has 132 valence electrons. The average molecular weight is 342 g/mol. The molecule has 0 amide bonds. The monoisotopic (exact) mass is 342 g/mol. The Bertz CT molecular complexity index is 770. The van der Waals surface area contributed by atoms with Crippen LogP contribution in [0, 0.1) is 6.92 Å². The lowest BCUT2D eigenvalue weighted by Gasteiger charge is -2.12. The Labute approximate surface area is 138 Å². The molecule has 0 bridgehead atoms. The number of carbonyl (C=O) groups excluding carboxylic acids is 1. The largest absolute Gasteiger partial charge is 0.462 e. The first-order valence-corrected chi connectivity index (χ1v) is 7.73. The van der Waals surface area contributed by atoms with Crippen molar-refractivity contribution in [2.45, 2.75) is 33.4 Å². The summed E-state index contributed by atoms with van der Waals surface area (Å²) in [5, 5.41) is 0. The molecule has 0 spiro atoms. The minimum Gasteiger partial charge on any atom is -0.462 e. The highest BCUT2D eigenvalue weighted by atomic mass is 19.4. The van der Waals surface area contributed by atoms with Crippen LogP contribution in [0.25, 0.3) is 11.4 Å². The van der Waals surface area contributed by atoms with Crippen molar-refractivity contribution in [3.63, 3.8) is 0 Å². The highest BCUT2D eigenvalue weighted by Crippen LogP contribution is 2.36. The van der Waals surface area contributed by atoms with Crippen LogP contribution >= 0.6 is 0 Å². The molecule has 0 aliphatic rings. The Morgan fingerprint density at radius 1 is 1.17 bits per heavy atom.